The minimum absolute atomic E-state index is 0.00750. The number of alkyl halides is 3. The maximum absolute atomic E-state index is 13.2. The van der Waals surface area contributed by atoms with Gasteiger partial charge in [0.25, 0.3) is 0 Å². The fourth-order valence-corrected chi connectivity index (χ4v) is 1.81. The number of benzene rings is 1. The van der Waals surface area contributed by atoms with E-state index in [-0.39, 0.29) is 15.5 Å². The Kier molecular flexibility index (Phi) is 4.92. The first-order chi connectivity index (χ1) is 8.84. The SMILES string of the molecule is CC.OCn1c(C(F)(F)F)nc2cc(F)c(Br)cc21. The molecule has 0 fully saturated rings. The molecule has 0 saturated heterocycles. The number of aliphatic hydroxyl groups is 1. The van der Waals surface area contributed by atoms with Crippen LogP contribution in [0.25, 0.3) is 11.0 Å². The van der Waals surface area contributed by atoms with Crippen LogP contribution >= 0.6 is 15.9 Å². The zero-order valence-corrected chi connectivity index (χ0v) is 11.7. The quantitative estimate of drug-likeness (QED) is 0.797. The van der Waals surface area contributed by atoms with Gasteiger partial charge in [0.05, 0.1) is 15.5 Å². The van der Waals surface area contributed by atoms with Crippen LogP contribution in [0.3, 0.4) is 0 Å². The second kappa shape index (κ2) is 5.87. The summed E-state index contributed by atoms with van der Waals surface area (Å²) >= 11 is 2.86. The molecule has 0 aliphatic rings. The van der Waals surface area contributed by atoms with Gasteiger partial charge in [0.1, 0.15) is 12.5 Å². The second-order valence-electron chi connectivity index (χ2n) is 3.26. The van der Waals surface area contributed by atoms with Crippen LogP contribution in [-0.2, 0) is 12.9 Å². The predicted molar refractivity (Wildman–Crippen MR) is 66.0 cm³/mol. The summed E-state index contributed by atoms with van der Waals surface area (Å²) in [4.78, 5) is 3.27. The molecule has 0 atom stereocenters. The van der Waals surface area contributed by atoms with E-state index in [9.17, 15) is 17.6 Å². The number of rotatable bonds is 1. The molecule has 2 aromatic rings. The van der Waals surface area contributed by atoms with Crippen LogP contribution < -0.4 is 0 Å². The molecule has 0 amide bonds. The normalized spacial score (nSPS) is 11.4. The van der Waals surface area contributed by atoms with Crippen LogP contribution in [0.2, 0.25) is 0 Å². The van der Waals surface area contributed by atoms with E-state index in [2.05, 4.69) is 20.9 Å². The fourth-order valence-electron chi connectivity index (χ4n) is 1.48. The Morgan fingerprint density at radius 2 is 1.89 bits per heavy atom. The molecule has 0 unspecified atom stereocenters. The summed E-state index contributed by atoms with van der Waals surface area (Å²) in [5.74, 6) is -1.97. The van der Waals surface area contributed by atoms with Crippen molar-refractivity contribution in [1.29, 1.82) is 0 Å². The Morgan fingerprint density at radius 1 is 1.32 bits per heavy atom. The van der Waals surface area contributed by atoms with Crippen LogP contribution in [0.15, 0.2) is 16.6 Å². The third-order valence-electron chi connectivity index (χ3n) is 2.19. The van der Waals surface area contributed by atoms with Crippen molar-refractivity contribution in [3.63, 3.8) is 0 Å². The first kappa shape index (κ1) is 15.9. The minimum Gasteiger partial charge on any atom is -0.376 e. The van der Waals surface area contributed by atoms with E-state index in [4.69, 9.17) is 5.11 Å². The smallest absolute Gasteiger partial charge is 0.376 e. The van der Waals surface area contributed by atoms with E-state index in [1.54, 1.807) is 0 Å². The first-order valence-electron chi connectivity index (χ1n) is 5.38. The van der Waals surface area contributed by atoms with E-state index in [1.165, 1.54) is 0 Å². The topological polar surface area (TPSA) is 38.0 Å². The zero-order valence-electron chi connectivity index (χ0n) is 10.1. The average Bonchev–Trinajstić information content (AvgIpc) is 2.70. The van der Waals surface area contributed by atoms with Crippen LogP contribution in [0.4, 0.5) is 17.6 Å². The lowest BCUT2D eigenvalue weighted by Crippen LogP contribution is -2.14. The highest BCUT2D eigenvalue weighted by Gasteiger charge is 2.37. The van der Waals surface area contributed by atoms with Gasteiger partial charge >= 0.3 is 6.18 Å². The van der Waals surface area contributed by atoms with Gasteiger partial charge in [-0.2, -0.15) is 13.2 Å². The van der Waals surface area contributed by atoms with Crippen molar-refractivity contribution in [3.8, 4) is 0 Å². The van der Waals surface area contributed by atoms with E-state index in [0.29, 0.717) is 4.57 Å². The number of fused-ring (bicyclic) bond motifs is 1. The lowest BCUT2D eigenvalue weighted by atomic mass is 10.3. The lowest BCUT2D eigenvalue weighted by molar-refractivity contribution is -0.148. The molecule has 1 heterocycles. The molecule has 0 aliphatic carbocycles. The summed E-state index contributed by atoms with van der Waals surface area (Å²) in [5.41, 5.74) is -0.153. The van der Waals surface area contributed by atoms with Crippen LogP contribution in [0, 0.1) is 5.82 Å². The summed E-state index contributed by atoms with van der Waals surface area (Å²) in [6.07, 6.45) is -4.70. The molecular weight excluding hydrogens is 332 g/mol. The van der Waals surface area contributed by atoms with Crippen molar-refractivity contribution < 1.29 is 22.7 Å². The van der Waals surface area contributed by atoms with Gasteiger partial charge in [-0.05, 0) is 22.0 Å². The average molecular weight is 343 g/mol. The van der Waals surface area contributed by atoms with Crippen LogP contribution in [0.1, 0.15) is 19.7 Å². The first-order valence-corrected chi connectivity index (χ1v) is 6.17. The molecule has 106 valence electrons. The van der Waals surface area contributed by atoms with Gasteiger partial charge in [-0.25, -0.2) is 9.37 Å². The van der Waals surface area contributed by atoms with Gasteiger partial charge in [-0.15, -0.1) is 0 Å². The maximum Gasteiger partial charge on any atom is 0.449 e. The molecule has 1 aromatic carbocycles. The highest BCUT2D eigenvalue weighted by atomic mass is 79.9. The third-order valence-corrected chi connectivity index (χ3v) is 2.79. The highest BCUT2D eigenvalue weighted by Crippen LogP contribution is 2.32. The van der Waals surface area contributed by atoms with Crippen molar-refractivity contribution in [2.45, 2.75) is 26.8 Å². The monoisotopic (exact) mass is 342 g/mol. The predicted octanol–water partition coefficient (Wildman–Crippen LogP) is 3.93. The number of hydrogen-bond acceptors (Lipinski definition) is 2. The number of imidazole rings is 1. The van der Waals surface area contributed by atoms with Crippen molar-refractivity contribution in [2.24, 2.45) is 0 Å². The Balaban J connectivity index is 0.000000861. The van der Waals surface area contributed by atoms with Gasteiger partial charge in [-0.3, -0.25) is 4.57 Å². The van der Waals surface area contributed by atoms with Crippen LogP contribution in [-0.4, -0.2) is 14.7 Å². The van der Waals surface area contributed by atoms with Crippen LogP contribution in [0.5, 0.6) is 0 Å². The largest absolute Gasteiger partial charge is 0.449 e. The molecule has 0 radical (unpaired) electrons. The molecule has 3 nitrogen and oxygen atoms in total. The number of aromatic nitrogens is 2. The molecule has 0 saturated carbocycles. The van der Waals surface area contributed by atoms with Crippen molar-refractivity contribution in [2.75, 3.05) is 0 Å². The number of nitrogens with zero attached hydrogens (tertiary/aromatic N) is 2. The van der Waals surface area contributed by atoms with Gasteiger partial charge in [0, 0.05) is 6.07 Å². The summed E-state index contributed by atoms with van der Waals surface area (Å²) in [7, 11) is 0. The van der Waals surface area contributed by atoms with E-state index in [0.717, 1.165) is 12.1 Å². The van der Waals surface area contributed by atoms with E-state index < -0.39 is 24.5 Å². The second-order valence-corrected chi connectivity index (χ2v) is 4.11. The van der Waals surface area contributed by atoms with Crippen molar-refractivity contribution in [3.05, 3.63) is 28.2 Å². The molecular formula is C11H11BrF4N2O. The summed E-state index contributed by atoms with van der Waals surface area (Å²) in [6.45, 7) is 3.11. The van der Waals surface area contributed by atoms with Crippen molar-refractivity contribution in [1.82, 2.24) is 9.55 Å². The maximum atomic E-state index is 13.2. The third kappa shape index (κ3) is 3.06. The Labute approximate surface area is 115 Å². The summed E-state index contributed by atoms with van der Waals surface area (Å²) in [5, 5.41) is 8.94. The molecule has 8 heteroatoms. The van der Waals surface area contributed by atoms with Gasteiger partial charge in [0.15, 0.2) is 0 Å². The Morgan fingerprint density at radius 3 is 2.37 bits per heavy atom. The Hall–Kier alpha value is -1.15. The summed E-state index contributed by atoms with van der Waals surface area (Å²) in [6, 6.07) is 2.02. The van der Waals surface area contributed by atoms with E-state index in [1.807, 2.05) is 13.8 Å². The van der Waals surface area contributed by atoms with Crippen molar-refractivity contribution >= 4 is 27.0 Å². The van der Waals surface area contributed by atoms with Gasteiger partial charge in [0.2, 0.25) is 5.82 Å². The molecule has 1 N–H and O–H groups in total. The van der Waals surface area contributed by atoms with Gasteiger partial charge < -0.3 is 5.11 Å². The molecule has 19 heavy (non-hydrogen) atoms. The van der Waals surface area contributed by atoms with Gasteiger partial charge in [-0.1, -0.05) is 13.8 Å². The van der Waals surface area contributed by atoms with E-state index >= 15 is 0 Å². The molecule has 0 aliphatic heterocycles. The molecule has 0 spiro atoms. The zero-order chi connectivity index (χ0) is 14.8. The number of halogens is 5. The Bertz CT molecular complexity index is 580. The standard InChI is InChI=1S/C9H5BrF4N2O.C2H6/c10-4-1-7-6(2-5(4)11)15-8(9(12,13)14)16(7)3-17;1-2/h1-2,17H,3H2;1-2H3. The molecule has 2 rings (SSSR count). The highest BCUT2D eigenvalue weighted by molar-refractivity contribution is 9.10. The molecule has 0 bridgehead atoms. The summed E-state index contributed by atoms with van der Waals surface area (Å²) < 4.78 is 51.5. The number of aliphatic hydroxyl groups excluding tert-OH is 1. The fraction of sp³-hybridized carbons (Fsp3) is 0.364. The lowest BCUT2D eigenvalue weighted by Gasteiger charge is -2.07. The number of hydrogen-bond donors (Lipinski definition) is 1. The minimum atomic E-state index is -4.70. The molecule has 1 aromatic heterocycles.